The van der Waals surface area contributed by atoms with E-state index in [-0.39, 0.29) is 23.1 Å². The van der Waals surface area contributed by atoms with Crippen molar-refractivity contribution in [3.8, 4) is 23.6 Å². The zero-order valence-corrected chi connectivity index (χ0v) is 10.3. The Morgan fingerprint density at radius 2 is 2.15 bits per heavy atom. The maximum Gasteiger partial charge on any atom is 0.323 e. The molecule has 0 N–H and O–H groups in total. The van der Waals surface area contributed by atoms with E-state index in [0.717, 1.165) is 0 Å². The van der Waals surface area contributed by atoms with Crippen molar-refractivity contribution >= 4 is 5.69 Å². The van der Waals surface area contributed by atoms with Crippen LogP contribution in [0.2, 0.25) is 0 Å². The fourth-order valence-corrected chi connectivity index (χ4v) is 1.41. The second-order valence-corrected chi connectivity index (χ2v) is 3.53. The van der Waals surface area contributed by atoms with E-state index in [9.17, 15) is 10.1 Å². The number of nitrogens with zero attached hydrogens (tertiary/aromatic N) is 4. The highest BCUT2D eigenvalue weighted by molar-refractivity contribution is 5.49. The third-order valence-electron chi connectivity index (χ3n) is 2.31. The lowest BCUT2D eigenvalue weighted by Gasteiger charge is -2.08. The van der Waals surface area contributed by atoms with Crippen molar-refractivity contribution in [3.05, 3.63) is 46.3 Å². The molecular weight excluding hydrogens is 264 g/mol. The van der Waals surface area contributed by atoms with Gasteiger partial charge in [0.05, 0.1) is 18.1 Å². The SMILES string of the molecule is COc1ccc([N+](=O)[O-])cc1Oc1nccc(C#N)n1. The van der Waals surface area contributed by atoms with Crippen molar-refractivity contribution in [2.75, 3.05) is 7.11 Å². The number of nitro groups is 1. The number of nitro benzene ring substituents is 1. The lowest BCUT2D eigenvalue weighted by Crippen LogP contribution is -1.97. The summed E-state index contributed by atoms with van der Waals surface area (Å²) in [5.41, 5.74) is -0.0309. The smallest absolute Gasteiger partial charge is 0.323 e. The molecule has 0 aliphatic carbocycles. The maximum absolute atomic E-state index is 10.7. The van der Waals surface area contributed by atoms with E-state index in [1.54, 1.807) is 0 Å². The van der Waals surface area contributed by atoms with Crippen LogP contribution >= 0.6 is 0 Å². The van der Waals surface area contributed by atoms with Gasteiger partial charge in [0.15, 0.2) is 11.5 Å². The summed E-state index contributed by atoms with van der Waals surface area (Å²) in [6.45, 7) is 0. The average Bonchev–Trinajstić information content (AvgIpc) is 2.47. The highest BCUT2D eigenvalue weighted by Gasteiger charge is 2.14. The molecule has 0 saturated carbocycles. The van der Waals surface area contributed by atoms with E-state index in [2.05, 4.69) is 9.97 Å². The predicted octanol–water partition coefficient (Wildman–Crippen LogP) is 2.06. The van der Waals surface area contributed by atoms with Gasteiger partial charge in [-0.15, -0.1) is 0 Å². The zero-order valence-electron chi connectivity index (χ0n) is 10.3. The molecule has 0 aliphatic rings. The summed E-state index contributed by atoms with van der Waals surface area (Å²) in [7, 11) is 1.40. The molecule has 0 saturated heterocycles. The molecule has 8 heteroatoms. The van der Waals surface area contributed by atoms with E-state index in [0.29, 0.717) is 5.75 Å². The summed E-state index contributed by atoms with van der Waals surface area (Å²) in [4.78, 5) is 17.8. The topological polar surface area (TPSA) is 111 Å². The maximum atomic E-state index is 10.7. The van der Waals surface area contributed by atoms with Crippen LogP contribution in [0.15, 0.2) is 30.5 Å². The zero-order chi connectivity index (χ0) is 14.5. The monoisotopic (exact) mass is 272 g/mol. The molecule has 0 atom stereocenters. The van der Waals surface area contributed by atoms with E-state index in [1.165, 1.54) is 37.6 Å². The number of non-ortho nitro benzene ring substituents is 1. The Morgan fingerprint density at radius 1 is 1.35 bits per heavy atom. The van der Waals surface area contributed by atoms with Gasteiger partial charge in [-0.3, -0.25) is 10.1 Å². The van der Waals surface area contributed by atoms with Crippen molar-refractivity contribution in [2.24, 2.45) is 0 Å². The summed E-state index contributed by atoms with van der Waals surface area (Å²) in [5.74, 6) is 0.387. The minimum absolute atomic E-state index is 0.0942. The van der Waals surface area contributed by atoms with Crippen LogP contribution < -0.4 is 9.47 Å². The van der Waals surface area contributed by atoms with Gasteiger partial charge in [0.1, 0.15) is 11.8 Å². The minimum Gasteiger partial charge on any atom is -0.493 e. The van der Waals surface area contributed by atoms with Crippen molar-refractivity contribution in [2.45, 2.75) is 0 Å². The van der Waals surface area contributed by atoms with Gasteiger partial charge in [-0.2, -0.15) is 10.2 Å². The number of aromatic nitrogens is 2. The van der Waals surface area contributed by atoms with Crippen molar-refractivity contribution < 1.29 is 14.4 Å². The van der Waals surface area contributed by atoms with Gasteiger partial charge < -0.3 is 9.47 Å². The van der Waals surface area contributed by atoms with Gasteiger partial charge in [0, 0.05) is 12.3 Å². The molecular formula is C12H8N4O4. The summed E-state index contributed by atoms with van der Waals surface area (Å²) < 4.78 is 10.4. The van der Waals surface area contributed by atoms with E-state index in [4.69, 9.17) is 14.7 Å². The van der Waals surface area contributed by atoms with Crippen molar-refractivity contribution in [1.82, 2.24) is 9.97 Å². The largest absolute Gasteiger partial charge is 0.493 e. The van der Waals surface area contributed by atoms with E-state index < -0.39 is 4.92 Å². The van der Waals surface area contributed by atoms with E-state index in [1.807, 2.05) is 6.07 Å². The molecule has 0 bridgehead atoms. The van der Waals surface area contributed by atoms with Gasteiger partial charge in [-0.05, 0) is 12.1 Å². The van der Waals surface area contributed by atoms with Crippen LogP contribution in [0.3, 0.4) is 0 Å². The first-order chi connectivity index (χ1) is 9.63. The predicted molar refractivity (Wildman–Crippen MR) is 66.5 cm³/mol. The fraction of sp³-hybridized carbons (Fsp3) is 0.0833. The first-order valence-corrected chi connectivity index (χ1v) is 5.37. The Balaban J connectivity index is 2.38. The molecule has 0 spiro atoms. The molecule has 1 aromatic carbocycles. The molecule has 1 heterocycles. The third kappa shape index (κ3) is 2.78. The van der Waals surface area contributed by atoms with Crippen LogP contribution in [0, 0.1) is 21.4 Å². The Morgan fingerprint density at radius 3 is 2.80 bits per heavy atom. The molecule has 0 aliphatic heterocycles. The number of methoxy groups -OCH3 is 1. The van der Waals surface area contributed by atoms with Crippen LogP contribution in [0.4, 0.5) is 5.69 Å². The molecule has 20 heavy (non-hydrogen) atoms. The second-order valence-electron chi connectivity index (χ2n) is 3.53. The molecule has 100 valence electrons. The van der Waals surface area contributed by atoms with Crippen LogP contribution in [0.25, 0.3) is 0 Å². The minimum atomic E-state index is -0.557. The van der Waals surface area contributed by atoms with Crippen LogP contribution in [0.1, 0.15) is 5.69 Å². The normalized spacial score (nSPS) is 9.60. The number of rotatable bonds is 4. The van der Waals surface area contributed by atoms with E-state index >= 15 is 0 Å². The van der Waals surface area contributed by atoms with Crippen molar-refractivity contribution in [3.63, 3.8) is 0 Å². The van der Waals surface area contributed by atoms with Crippen LogP contribution in [-0.2, 0) is 0 Å². The Kier molecular flexibility index (Phi) is 3.72. The molecule has 1 aromatic heterocycles. The van der Waals surface area contributed by atoms with Gasteiger partial charge in [-0.25, -0.2) is 4.98 Å². The van der Waals surface area contributed by atoms with Gasteiger partial charge in [-0.1, -0.05) is 0 Å². The second kappa shape index (κ2) is 5.62. The number of nitriles is 1. The third-order valence-corrected chi connectivity index (χ3v) is 2.31. The first-order valence-electron chi connectivity index (χ1n) is 5.37. The molecule has 0 fully saturated rings. The highest BCUT2D eigenvalue weighted by Crippen LogP contribution is 2.33. The molecule has 0 unspecified atom stereocenters. The lowest BCUT2D eigenvalue weighted by molar-refractivity contribution is -0.384. The van der Waals surface area contributed by atoms with Crippen LogP contribution in [0.5, 0.6) is 17.5 Å². The summed E-state index contributed by atoms with van der Waals surface area (Å²) in [6, 6.07) is 7.05. The Hall–Kier alpha value is -3.21. The number of hydrogen-bond acceptors (Lipinski definition) is 7. The lowest BCUT2D eigenvalue weighted by atomic mass is 10.3. The van der Waals surface area contributed by atoms with Gasteiger partial charge >= 0.3 is 6.01 Å². The Labute approximate surface area is 113 Å². The first kappa shape index (κ1) is 13.2. The summed E-state index contributed by atoms with van der Waals surface area (Å²) >= 11 is 0. The standard InChI is InChI=1S/C12H8N4O4/c1-19-10-3-2-9(16(17)18)6-11(10)20-12-14-5-4-8(7-13)15-12/h2-6H,1H3. The van der Waals surface area contributed by atoms with Crippen molar-refractivity contribution in [1.29, 1.82) is 5.26 Å². The molecule has 2 aromatic rings. The Bertz CT molecular complexity index is 696. The van der Waals surface area contributed by atoms with Crippen LogP contribution in [-0.4, -0.2) is 22.0 Å². The molecule has 2 rings (SSSR count). The van der Waals surface area contributed by atoms with Gasteiger partial charge in [0.2, 0.25) is 0 Å². The molecule has 0 amide bonds. The molecule has 0 radical (unpaired) electrons. The number of ether oxygens (including phenoxy) is 2. The average molecular weight is 272 g/mol. The molecule has 8 nitrogen and oxygen atoms in total. The fourth-order valence-electron chi connectivity index (χ4n) is 1.41. The summed E-state index contributed by atoms with van der Waals surface area (Å²) in [6.07, 6.45) is 1.35. The van der Waals surface area contributed by atoms with Gasteiger partial charge in [0.25, 0.3) is 5.69 Å². The number of hydrogen-bond donors (Lipinski definition) is 0. The highest BCUT2D eigenvalue weighted by atomic mass is 16.6. The summed E-state index contributed by atoms with van der Waals surface area (Å²) in [5, 5.41) is 19.5. The number of benzene rings is 1. The quantitative estimate of drug-likeness (QED) is 0.618.